The van der Waals surface area contributed by atoms with Crippen molar-refractivity contribution in [2.75, 3.05) is 22.9 Å². The second-order valence-electron chi connectivity index (χ2n) is 10.8. The standard InChI is InChI=1S/C32H34F2N2O3/c1-7-35(8-2)23-14-10-20(11-15-23)28-27(29(37)24-17-21(32(4,5)6)12-9-19(24)3)30(38)31(39)36(28)26-18-22(33)13-16-25(26)34/h9-18,28,37H,7-8H2,1-6H3/b29-27+. The molecule has 3 aromatic carbocycles. The third-order valence-electron chi connectivity index (χ3n) is 7.31. The molecule has 204 valence electrons. The average molecular weight is 533 g/mol. The minimum atomic E-state index is -1.16. The summed E-state index contributed by atoms with van der Waals surface area (Å²) < 4.78 is 29.3. The van der Waals surface area contributed by atoms with Crippen LogP contribution in [0.4, 0.5) is 20.2 Å². The van der Waals surface area contributed by atoms with Gasteiger partial charge in [-0.15, -0.1) is 0 Å². The van der Waals surface area contributed by atoms with Gasteiger partial charge >= 0.3 is 0 Å². The maximum absolute atomic E-state index is 15.0. The lowest BCUT2D eigenvalue weighted by Gasteiger charge is -2.27. The molecule has 0 spiro atoms. The number of aryl methyl sites for hydroxylation is 1. The molecule has 5 nitrogen and oxygen atoms in total. The van der Waals surface area contributed by atoms with Crippen LogP contribution in [0.1, 0.15) is 62.9 Å². The molecule has 1 amide bonds. The average Bonchev–Trinajstić information content (AvgIpc) is 3.16. The van der Waals surface area contributed by atoms with Gasteiger partial charge < -0.3 is 10.0 Å². The van der Waals surface area contributed by atoms with E-state index < -0.39 is 29.4 Å². The lowest BCUT2D eigenvalue weighted by atomic mass is 9.84. The third kappa shape index (κ3) is 5.18. The van der Waals surface area contributed by atoms with Crippen molar-refractivity contribution >= 4 is 28.8 Å². The van der Waals surface area contributed by atoms with Gasteiger partial charge in [-0.3, -0.25) is 14.5 Å². The maximum Gasteiger partial charge on any atom is 0.300 e. The SMILES string of the molecule is CCN(CC)c1ccc(C2/C(=C(\O)c3cc(C(C)(C)C)ccc3C)C(=O)C(=O)N2c2cc(F)ccc2F)cc1. The molecule has 0 saturated carbocycles. The zero-order valence-corrected chi connectivity index (χ0v) is 23.2. The van der Waals surface area contributed by atoms with Gasteiger partial charge in [-0.2, -0.15) is 0 Å². The molecule has 3 aromatic rings. The fourth-order valence-corrected chi connectivity index (χ4v) is 5.01. The lowest BCUT2D eigenvalue weighted by molar-refractivity contribution is -0.132. The van der Waals surface area contributed by atoms with Gasteiger partial charge in [0.25, 0.3) is 11.7 Å². The Bertz CT molecular complexity index is 1450. The van der Waals surface area contributed by atoms with E-state index in [4.69, 9.17) is 0 Å². The highest BCUT2D eigenvalue weighted by molar-refractivity contribution is 6.51. The van der Waals surface area contributed by atoms with Crippen LogP contribution in [0, 0.1) is 18.6 Å². The van der Waals surface area contributed by atoms with Gasteiger partial charge in [0.05, 0.1) is 17.3 Å². The molecule has 1 atom stereocenters. The van der Waals surface area contributed by atoms with Crippen molar-refractivity contribution in [3.05, 3.63) is 100 Å². The van der Waals surface area contributed by atoms with Crippen LogP contribution in [-0.2, 0) is 15.0 Å². The van der Waals surface area contributed by atoms with Crippen LogP contribution >= 0.6 is 0 Å². The van der Waals surface area contributed by atoms with E-state index in [-0.39, 0.29) is 22.4 Å². The van der Waals surface area contributed by atoms with Crippen LogP contribution in [0.5, 0.6) is 0 Å². The molecule has 0 radical (unpaired) electrons. The van der Waals surface area contributed by atoms with Gasteiger partial charge in [0.15, 0.2) is 0 Å². The molecule has 4 rings (SSSR count). The molecular formula is C32H34F2N2O3. The molecule has 0 bridgehead atoms. The van der Waals surface area contributed by atoms with Crippen LogP contribution in [0.3, 0.4) is 0 Å². The summed E-state index contributed by atoms with van der Waals surface area (Å²) in [5.41, 5.74) is 2.69. The molecule has 0 aromatic heterocycles. The number of hydrogen-bond acceptors (Lipinski definition) is 4. The molecule has 39 heavy (non-hydrogen) atoms. The number of carbonyl (C=O) groups excluding carboxylic acids is 2. The molecule has 7 heteroatoms. The first kappa shape index (κ1) is 28.0. The number of ketones is 1. The number of nitrogens with zero attached hydrogens (tertiary/aromatic N) is 2. The van der Waals surface area contributed by atoms with Gasteiger partial charge in [0.1, 0.15) is 17.4 Å². The molecular weight excluding hydrogens is 498 g/mol. The smallest absolute Gasteiger partial charge is 0.300 e. The predicted molar refractivity (Wildman–Crippen MR) is 151 cm³/mol. The number of aliphatic hydroxyl groups excluding tert-OH is 1. The van der Waals surface area contributed by atoms with E-state index in [2.05, 4.69) is 4.90 Å². The Morgan fingerprint density at radius 1 is 0.949 bits per heavy atom. The molecule has 1 saturated heterocycles. The zero-order chi connectivity index (χ0) is 28.6. The Kier molecular flexibility index (Phi) is 7.64. The zero-order valence-electron chi connectivity index (χ0n) is 23.2. The first-order chi connectivity index (χ1) is 18.4. The van der Waals surface area contributed by atoms with Crippen molar-refractivity contribution in [1.29, 1.82) is 0 Å². The summed E-state index contributed by atoms with van der Waals surface area (Å²) in [5.74, 6) is -3.96. The first-order valence-electron chi connectivity index (χ1n) is 13.1. The Morgan fingerprint density at radius 3 is 2.18 bits per heavy atom. The Morgan fingerprint density at radius 2 is 1.59 bits per heavy atom. The Hall–Kier alpha value is -4.00. The van der Waals surface area contributed by atoms with Crippen LogP contribution < -0.4 is 9.80 Å². The molecule has 1 N–H and O–H groups in total. The van der Waals surface area contributed by atoms with Gasteiger partial charge in [0.2, 0.25) is 0 Å². The Labute approximate surface area is 228 Å². The van der Waals surface area contributed by atoms with E-state index in [1.807, 2.05) is 58.9 Å². The molecule has 1 unspecified atom stereocenters. The Balaban J connectivity index is 1.98. The van der Waals surface area contributed by atoms with Gasteiger partial charge in [0, 0.05) is 30.4 Å². The number of Topliss-reactive ketones (excluding diaryl/α,β-unsaturated/α-hetero) is 1. The van der Waals surface area contributed by atoms with Crippen molar-refractivity contribution < 1.29 is 23.5 Å². The quantitative estimate of drug-likeness (QED) is 0.210. The highest BCUT2D eigenvalue weighted by Gasteiger charge is 2.48. The number of amides is 1. The largest absolute Gasteiger partial charge is 0.507 e. The van der Waals surface area contributed by atoms with Crippen molar-refractivity contribution in [2.45, 2.75) is 53.0 Å². The summed E-state index contributed by atoms with van der Waals surface area (Å²) >= 11 is 0. The summed E-state index contributed by atoms with van der Waals surface area (Å²) in [6.45, 7) is 13.5. The molecule has 0 aliphatic carbocycles. The van der Waals surface area contributed by atoms with E-state index in [0.717, 1.165) is 47.4 Å². The summed E-state index contributed by atoms with van der Waals surface area (Å²) in [5, 5.41) is 11.6. The summed E-state index contributed by atoms with van der Waals surface area (Å²) in [6, 6.07) is 14.4. The highest BCUT2D eigenvalue weighted by Crippen LogP contribution is 2.44. The van der Waals surface area contributed by atoms with Gasteiger partial charge in [-0.05, 0) is 73.2 Å². The number of hydrogen-bond donors (Lipinski definition) is 1. The van der Waals surface area contributed by atoms with Crippen molar-refractivity contribution in [2.24, 2.45) is 0 Å². The minimum absolute atomic E-state index is 0.173. The fraction of sp³-hybridized carbons (Fsp3) is 0.312. The first-order valence-corrected chi connectivity index (χ1v) is 13.1. The molecule has 1 fully saturated rings. The maximum atomic E-state index is 15.0. The molecule has 1 heterocycles. The minimum Gasteiger partial charge on any atom is -0.507 e. The van der Waals surface area contributed by atoms with E-state index in [0.29, 0.717) is 16.7 Å². The predicted octanol–water partition coefficient (Wildman–Crippen LogP) is 7.04. The third-order valence-corrected chi connectivity index (χ3v) is 7.31. The highest BCUT2D eigenvalue weighted by atomic mass is 19.1. The monoisotopic (exact) mass is 532 g/mol. The summed E-state index contributed by atoms with van der Waals surface area (Å²) in [7, 11) is 0. The van der Waals surface area contributed by atoms with E-state index in [9.17, 15) is 19.1 Å². The summed E-state index contributed by atoms with van der Waals surface area (Å²) in [4.78, 5) is 30.0. The van der Waals surface area contributed by atoms with E-state index in [1.54, 1.807) is 25.1 Å². The van der Waals surface area contributed by atoms with E-state index >= 15 is 4.39 Å². The van der Waals surface area contributed by atoms with Crippen LogP contribution in [0.15, 0.2) is 66.2 Å². The topological polar surface area (TPSA) is 60.9 Å². The van der Waals surface area contributed by atoms with Crippen molar-refractivity contribution in [3.8, 4) is 0 Å². The van der Waals surface area contributed by atoms with E-state index in [1.165, 1.54) is 0 Å². The number of anilines is 2. The number of halogens is 2. The molecule has 1 aliphatic heterocycles. The van der Waals surface area contributed by atoms with Crippen molar-refractivity contribution in [3.63, 3.8) is 0 Å². The second-order valence-corrected chi connectivity index (χ2v) is 10.8. The van der Waals surface area contributed by atoms with Gasteiger partial charge in [-0.1, -0.05) is 45.0 Å². The second kappa shape index (κ2) is 10.6. The van der Waals surface area contributed by atoms with Crippen LogP contribution in [0.25, 0.3) is 5.76 Å². The normalized spacial score (nSPS) is 17.1. The molecule has 1 aliphatic rings. The number of benzene rings is 3. The summed E-state index contributed by atoms with van der Waals surface area (Å²) in [6.07, 6.45) is 0. The lowest BCUT2D eigenvalue weighted by Crippen LogP contribution is -2.30. The number of aliphatic hydroxyl groups is 1. The van der Waals surface area contributed by atoms with Crippen LogP contribution in [0.2, 0.25) is 0 Å². The van der Waals surface area contributed by atoms with Gasteiger partial charge in [-0.25, -0.2) is 8.78 Å². The van der Waals surface area contributed by atoms with Crippen LogP contribution in [-0.4, -0.2) is 29.9 Å². The fourth-order valence-electron chi connectivity index (χ4n) is 5.01. The number of carbonyl (C=O) groups is 2. The number of rotatable bonds is 6. The van der Waals surface area contributed by atoms with Crippen molar-refractivity contribution in [1.82, 2.24) is 0 Å².